The standard InChI is InChI=1S/C9H6ClF2NO3/c1-4(14)7-6(13(15)16)3-2-5(10)8(7)9(11)12/h2-3,9H,1H3. The van der Waals surface area contributed by atoms with Gasteiger partial charge < -0.3 is 0 Å². The number of Topliss-reactive ketones (excluding diaryl/α,β-unsaturated/α-hetero) is 1. The van der Waals surface area contributed by atoms with E-state index in [1.54, 1.807) is 0 Å². The number of hydrogen-bond donors (Lipinski definition) is 0. The van der Waals surface area contributed by atoms with Crippen molar-refractivity contribution in [2.75, 3.05) is 0 Å². The molecule has 4 nitrogen and oxygen atoms in total. The van der Waals surface area contributed by atoms with E-state index < -0.39 is 33.9 Å². The molecule has 86 valence electrons. The van der Waals surface area contributed by atoms with Crippen LogP contribution in [0.1, 0.15) is 29.3 Å². The van der Waals surface area contributed by atoms with Crippen molar-refractivity contribution in [2.24, 2.45) is 0 Å². The van der Waals surface area contributed by atoms with Crippen molar-refractivity contribution >= 4 is 23.1 Å². The zero-order valence-corrected chi connectivity index (χ0v) is 8.79. The molecule has 0 unspecified atom stereocenters. The molecule has 0 aliphatic heterocycles. The molecule has 0 radical (unpaired) electrons. The fraction of sp³-hybridized carbons (Fsp3) is 0.222. The summed E-state index contributed by atoms with van der Waals surface area (Å²) in [4.78, 5) is 20.8. The van der Waals surface area contributed by atoms with Crippen molar-refractivity contribution in [3.63, 3.8) is 0 Å². The lowest BCUT2D eigenvalue weighted by Gasteiger charge is -2.08. The van der Waals surface area contributed by atoms with E-state index in [4.69, 9.17) is 11.6 Å². The van der Waals surface area contributed by atoms with Crippen molar-refractivity contribution in [2.45, 2.75) is 13.3 Å². The van der Waals surface area contributed by atoms with Crippen LogP contribution in [0.15, 0.2) is 12.1 Å². The number of halogens is 3. The SMILES string of the molecule is CC(=O)c1c([N+](=O)[O-])ccc(Cl)c1C(F)F. The van der Waals surface area contributed by atoms with E-state index >= 15 is 0 Å². The van der Waals surface area contributed by atoms with E-state index in [-0.39, 0.29) is 5.02 Å². The van der Waals surface area contributed by atoms with Crippen LogP contribution in [0.25, 0.3) is 0 Å². The Hall–Kier alpha value is -1.56. The largest absolute Gasteiger partial charge is 0.294 e. The fourth-order valence-corrected chi connectivity index (χ4v) is 1.56. The molecule has 0 amide bonds. The first-order chi connectivity index (χ1) is 7.36. The number of carbonyl (C=O) groups is 1. The number of benzene rings is 1. The quantitative estimate of drug-likeness (QED) is 0.469. The number of rotatable bonds is 3. The molecule has 0 spiro atoms. The summed E-state index contributed by atoms with van der Waals surface area (Å²) in [7, 11) is 0. The van der Waals surface area contributed by atoms with Gasteiger partial charge in [0.25, 0.3) is 12.1 Å². The molecule has 0 fully saturated rings. The van der Waals surface area contributed by atoms with Crippen LogP contribution in [0.5, 0.6) is 0 Å². The van der Waals surface area contributed by atoms with Gasteiger partial charge in [-0.3, -0.25) is 14.9 Å². The van der Waals surface area contributed by atoms with Crippen LogP contribution in [0.4, 0.5) is 14.5 Å². The topological polar surface area (TPSA) is 60.2 Å². The number of carbonyl (C=O) groups excluding carboxylic acids is 1. The number of hydrogen-bond acceptors (Lipinski definition) is 3. The maximum Gasteiger partial charge on any atom is 0.280 e. The third-order valence-electron chi connectivity index (χ3n) is 1.94. The van der Waals surface area contributed by atoms with Crippen LogP contribution >= 0.6 is 11.6 Å². The maximum absolute atomic E-state index is 12.6. The third kappa shape index (κ3) is 2.16. The second kappa shape index (κ2) is 4.52. The third-order valence-corrected chi connectivity index (χ3v) is 2.27. The maximum atomic E-state index is 12.6. The van der Waals surface area contributed by atoms with Gasteiger partial charge in [-0.25, -0.2) is 8.78 Å². The Bertz CT molecular complexity index is 462. The van der Waals surface area contributed by atoms with Crippen molar-refractivity contribution in [1.82, 2.24) is 0 Å². The van der Waals surface area contributed by atoms with Crippen molar-refractivity contribution in [3.8, 4) is 0 Å². The molecule has 1 aromatic carbocycles. The average Bonchev–Trinajstić information content (AvgIpc) is 2.15. The van der Waals surface area contributed by atoms with E-state index in [2.05, 4.69) is 0 Å². The van der Waals surface area contributed by atoms with Crippen LogP contribution in [0.3, 0.4) is 0 Å². The summed E-state index contributed by atoms with van der Waals surface area (Å²) < 4.78 is 25.3. The zero-order valence-electron chi connectivity index (χ0n) is 8.04. The van der Waals surface area contributed by atoms with Gasteiger partial charge in [0, 0.05) is 6.07 Å². The van der Waals surface area contributed by atoms with Gasteiger partial charge in [-0.05, 0) is 13.0 Å². The second-order valence-electron chi connectivity index (χ2n) is 2.97. The Morgan fingerprint density at radius 1 is 1.50 bits per heavy atom. The number of ketones is 1. The monoisotopic (exact) mass is 249 g/mol. The van der Waals surface area contributed by atoms with E-state index in [9.17, 15) is 23.7 Å². The molecule has 0 N–H and O–H groups in total. The molecule has 7 heteroatoms. The van der Waals surface area contributed by atoms with Gasteiger partial charge in [0.1, 0.15) is 5.56 Å². The summed E-state index contributed by atoms with van der Waals surface area (Å²) in [5.41, 5.74) is -2.08. The highest BCUT2D eigenvalue weighted by Crippen LogP contribution is 2.35. The predicted octanol–water partition coefficient (Wildman–Crippen LogP) is 3.39. The lowest BCUT2D eigenvalue weighted by atomic mass is 10.0. The van der Waals surface area contributed by atoms with Crippen LogP contribution in [-0.2, 0) is 0 Å². The first-order valence-electron chi connectivity index (χ1n) is 4.12. The lowest BCUT2D eigenvalue weighted by molar-refractivity contribution is -0.385. The van der Waals surface area contributed by atoms with Gasteiger partial charge in [0.05, 0.1) is 15.5 Å². The van der Waals surface area contributed by atoms with Crippen LogP contribution in [0.2, 0.25) is 5.02 Å². The van der Waals surface area contributed by atoms with Crippen molar-refractivity contribution in [1.29, 1.82) is 0 Å². The summed E-state index contributed by atoms with van der Waals surface area (Å²) in [6.07, 6.45) is -3.04. The summed E-state index contributed by atoms with van der Waals surface area (Å²) in [5, 5.41) is 10.2. The molecule has 1 rings (SSSR count). The molecule has 0 aliphatic carbocycles. The molecule has 0 aromatic heterocycles. The molecule has 0 heterocycles. The van der Waals surface area contributed by atoms with Crippen LogP contribution < -0.4 is 0 Å². The van der Waals surface area contributed by atoms with E-state index in [0.717, 1.165) is 19.1 Å². The highest BCUT2D eigenvalue weighted by atomic mass is 35.5. The smallest absolute Gasteiger partial charge is 0.280 e. The van der Waals surface area contributed by atoms with E-state index in [0.29, 0.717) is 0 Å². The predicted molar refractivity (Wildman–Crippen MR) is 53.1 cm³/mol. The summed E-state index contributed by atoms with van der Waals surface area (Å²) in [6, 6.07) is 1.92. The highest BCUT2D eigenvalue weighted by Gasteiger charge is 2.28. The Kier molecular flexibility index (Phi) is 3.54. The highest BCUT2D eigenvalue weighted by molar-refractivity contribution is 6.32. The van der Waals surface area contributed by atoms with Gasteiger partial charge in [-0.2, -0.15) is 0 Å². The normalized spacial score (nSPS) is 10.6. The zero-order chi connectivity index (χ0) is 12.5. The summed E-state index contributed by atoms with van der Waals surface area (Å²) in [5.74, 6) is -0.815. The Morgan fingerprint density at radius 3 is 2.44 bits per heavy atom. The lowest BCUT2D eigenvalue weighted by Crippen LogP contribution is -2.06. The first-order valence-corrected chi connectivity index (χ1v) is 4.50. The molecule has 1 aromatic rings. The van der Waals surface area contributed by atoms with E-state index in [1.807, 2.05) is 0 Å². The van der Waals surface area contributed by atoms with Gasteiger partial charge >= 0.3 is 0 Å². The van der Waals surface area contributed by atoms with Crippen molar-refractivity contribution < 1.29 is 18.5 Å². The van der Waals surface area contributed by atoms with Crippen LogP contribution in [0, 0.1) is 10.1 Å². The van der Waals surface area contributed by atoms with Gasteiger partial charge in [-0.1, -0.05) is 11.6 Å². The average molecular weight is 250 g/mol. The van der Waals surface area contributed by atoms with Gasteiger partial charge in [0.2, 0.25) is 0 Å². The minimum Gasteiger partial charge on any atom is -0.294 e. The minimum atomic E-state index is -3.04. The molecule has 0 atom stereocenters. The summed E-state index contributed by atoms with van der Waals surface area (Å²) >= 11 is 5.49. The molecule has 16 heavy (non-hydrogen) atoms. The van der Waals surface area contributed by atoms with E-state index in [1.165, 1.54) is 0 Å². The molecular formula is C9H6ClF2NO3. The molecule has 0 aliphatic rings. The summed E-state index contributed by atoms with van der Waals surface area (Å²) in [6.45, 7) is 0.977. The van der Waals surface area contributed by atoms with Gasteiger partial charge in [0.15, 0.2) is 5.78 Å². The fourth-order valence-electron chi connectivity index (χ4n) is 1.32. The van der Waals surface area contributed by atoms with Gasteiger partial charge in [-0.15, -0.1) is 0 Å². The number of nitrogens with zero attached hydrogens (tertiary/aromatic N) is 1. The Balaban J connectivity index is 3.63. The second-order valence-corrected chi connectivity index (χ2v) is 3.38. The Morgan fingerprint density at radius 2 is 2.06 bits per heavy atom. The minimum absolute atomic E-state index is 0.356. The number of nitro benzene ring substituents is 1. The Labute approximate surface area is 94.0 Å². The van der Waals surface area contributed by atoms with Crippen LogP contribution in [-0.4, -0.2) is 10.7 Å². The molecule has 0 saturated carbocycles. The number of alkyl halides is 2. The first kappa shape index (κ1) is 12.5. The number of nitro groups is 1. The van der Waals surface area contributed by atoms with Crippen molar-refractivity contribution in [3.05, 3.63) is 38.4 Å². The molecular weight excluding hydrogens is 244 g/mol. The molecule has 0 bridgehead atoms. The molecule has 0 saturated heterocycles.